The number of hydrogen-bond donors (Lipinski definition) is 1. The molecule has 0 aliphatic carbocycles. The van der Waals surface area contributed by atoms with Gasteiger partial charge in [-0.3, -0.25) is 4.57 Å². The fourth-order valence-corrected chi connectivity index (χ4v) is 8.60. The third-order valence-corrected chi connectivity index (χ3v) is 12.3. The van der Waals surface area contributed by atoms with Crippen molar-refractivity contribution in [1.29, 1.82) is 0 Å². The number of ether oxygens (including phenoxy) is 3. The van der Waals surface area contributed by atoms with Crippen molar-refractivity contribution in [2.45, 2.75) is 69.7 Å². The molecule has 0 heterocycles. The number of methoxy groups -OCH3 is 1. The number of nitrogens with zero attached hydrogens (tertiary/aromatic N) is 1. The molecule has 312 valence electrons. The van der Waals surface area contributed by atoms with Gasteiger partial charge in [-0.05, 0) is 73.7 Å². The van der Waals surface area contributed by atoms with Crippen LogP contribution in [0.4, 0.5) is 4.79 Å². The first-order chi connectivity index (χ1) is 28.3. The third-order valence-electron chi connectivity index (χ3n) is 8.94. The second-order valence-electron chi connectivity index (χ2n) is 14.7. The standard InChI is InChI=1S/C46H53N2O9PS/c1-46(2,3)57-45(49)47-43(32-37-18-9-5-10-19-37)44(54-34-38-20-11-6-12-21-38)33-48(59(51,52)42-28-26-41(53-4)27-29-42)30-17-31-58(50,55-35-39-22-13-7-14-23-39)56-36-40-24-15-8-16-25-40/h5-29,31,43-44H,30,32-36H2,1-4H3,(H,47,49)/b31-17+. The molecule has 1 N–H and O–H groups in total. The maximum atomic E-state index is 14.7. The van der Waals surface area contributed by atoms with Crippen LogP contribution in [0.1, 0.15) is 43.0 Å². The molecule has 0 bridgehead atoms. The van der Waals surface area contributed by atoms with Crippen molar-refractivity contribution in [2.75, 3.05) is 20.2 Å². The van der Waals surface area contributed by atoms with Gasteiger partial charge in [0.05, 0.1) is 44.0 Å². The Balaban J connectivity index is 1.52. The third kappa shape index (κ3) is 14.9. The minimum atomic E-state index is -4.26. The lowest BCUT2D eigenvalue weighted by Gasteiger charge is -2.33. The highest BCUT2D eigenvalue weighted by atomic mass is 32.2. The van der Waals surface area contributed by atoms with E-state index in [4.69, 9.17) is 23.3 Å². The summed E-state index contributed by atoms with van der Waals surface area (Å²) >= 11 is 0. The number of alkyl carbamates (subject to hydrolysis) is 1. The van der Waals surface area contributed by atoms with Crippen molar-refractivity contribution in [3.63, 3.8) is 0 Å². The van der Waals surface area contributed by atoms with Gasteiger partial charge in [-0.15, -0.1) is 0 Å². The summed E-state index contributed by atoms with van der Waals surface area (Å²) in [6.07, 6.45) is 0.171. The van der Waals surface area contributed by atoms with E-state index >= 15 is 0 Å². The van der Waals surface area contributed by atoms with Crippen LogP contribution >= 0.6 is 7.60 Å². The lowest BCUT2D eigenvalue weighted by atomic mass is 10.0. The zero-order chi connectivity index (χ0) is 42.1. The summed E-state index contributed by atoms with van der Waals surface area (Å²) in [6, 6.07) is 42.8. The van der Waals surface area contributed by atoms with Gasteiger partial charge < -0.3 is 28.6 Å². The molecule has 0 saturated heterocycles. The van der Waals surface area contributed by atoms with Gasteiger partial charge in [0, 0.05) is 18.9 Å². The van der Waals surface area contributed by atoms with Crippen LogP contribution in [0, 0.1) is 0 Å². The first-order valence-corrected chi connectivity index (χ1v) is 22.3. The SMILES string of the molecule is COc1ccc(S(=O)(=O)N(C/C=C/P(=O)(OCc2ccccc2)OCc2ccccc2)CC(OCc2ccccc2)C(Cc2ccccc2)NC(=O)OC(C)(C)C)cc1. The van der Waals surface area contributed by atoms with Gasteiger partial charge in [0.15, 0.2) is 0 Å². The van der Waals surface area contributed by atoms with E-state index in [1.54, 1.807) is 32.9 Å². The van der Waals surface area contributed by atoms with Crippen molar-refractivity contribution in [3.05, 3.63) is 180 Å². The Morgan fingerprint density at radius 2 is 1.19 bits per heavy atom. The van der Waals surface area contributed by atoms with Gasteiger partial charge in [0.25, 0.3) is 0 Å². The summed E-state index contributed by atoms with van der Waals surface area (Å²) in [5.74, 6) is 1.78. The Hall–Kier alpha value is -5.07. The number of carbonyl (C=O) groups is 1. The molecule has 59 heavy (non-hydrogen) atoms. The Labute approximate surface area is 348 Å². The predicted molar refractivity (Wildman–Crippen MR) is 229 cm³/mol. The highest BCUT2D eigenvalue weighted by Crippen LogP contribution is 2.51. The number of amides is 1. The molecular formula is C46H53N2O9PS. The maximum absolute atomic E-state index is 14.7. The molecule has 0 saturated carbocycles. The van der Waals surface area contributed by atoms with Crippen LogP contribution in [-0.4, -0.2) is 56.8 Å². The minimum absolute atomic E-state index is 0.00197. The van der Waals surface area contributed by atoms with E-state index in [1.165, 1.54) is 35.4 Å². The van der Waals surface area contributed by atoms with Crippen molar-refractivity contribution in [1.82, 2.24) is 9.62 Å². The monoisotopic (exact) mass is 840 g/mol. The molecule has 0 aromatic heterocycles. The van der Waals surface area contributed by atoms with E-state index in [0.29, 0.717) is 12.2 Å². The molecule has 13 heteroatoms. The molecule has 0 aliphatic rings. The second kappa shape index (κ2) is 21.8. The Morgan fingerprint density at radius 1 is 0.712 bits per heavy atom. The average molecular weight is 841 g/mol. The number of carbonyl (C=O) groups excluding carboxylic acids is 1. The van der Waals surface area contributed by atoms with Crippen molar-refractivity contribution < 1.29 is 41.0 Å². The smallest absolute Gasteiger partial charge is 0.407 e. The first-order valence-electron chi connectivity index (χ1n) is 19.3. The number of benzene rings is 5. The molecule has 5 rings (SSSR count). The number of sulfonamides is 1. The molecule has 5 aromatic carbocycles. The van der Waals surface area contributed by atoms with Crippen molar-refractivity contribution in [2.24, 2.45) is 0 Å². The van der Waals surface area contributed by atoms with Crippen molar-refractivity contribution >= 4 is 23.7 Å². The van der Waals surface area contributed by atoms with E-state index in [9.17, 15) is 17.8 Å². The lowest BCUT2D eigenvalue weighted by molar-refractivity contribution is -0.00162. The number of rotatable bonds is 21. The summed E-state index contributed by atoms with van der Waals surface area (Å²) < 4.78 is 74.4. The fraction of sp³-hybridized carbons (Fsp3) is 0.283. The summed E-state index contributed by atoms with van der Waals surface area (Å²) in [4.78, 5) is 13.4. The van der Waals surface area contributed by atoms with Gasteiger partial charge in [-0.1, -0.05) is 127 Å². The second-order valence-corrected chi connectivity index (χ2v) is 18.5. The molecule has 1 amide bonds. The van der Waals surface area contributed by atoms with Crippen LogP contribution in [0.2, 0.25) is 0 Å². The Morgan fingerprint density at radius 3 is 1.66 bits per heavy atom. The van der Waals surface area contributed by atoms with Gasteiger partial charge in [0.2, 0.25) is 10.0 Å². The molecule has 0 aliphatic heterocycles. The van der Waals surface area contributed by atoms with Gasteiger partial charge in [-0.25, -0.2) is 13.2 Å². The maximum Gasteiger partial charge on any atom is 0.407 e. The predicted octanol–water partition coefficient (Wildman–Crippen LogP) is 9.55. The van der Waals surface area contributed by atoms with Crippen LogP contribution in [0.3, 0.4) is 0 Å². The highest BCUT2D eigenvalue weighted by Gasteiger charge is 2.34. The minimum Gasteiger partial charge on any atom is -0.497 e. The molecule has 11 nitrogen and oxygen atoms in total. The van der Waals surface area contributed by atoms with Crippen LogP contribution < -0.4 is 10.1 Å². The number of hydrogen-bond acceptors (Lipinski definition) is 9. The first kappa shape index (κ1) is 45.0. The zero-order valence-corrected chi connectivity index (χ0v) is 35.6. The van der Waals surface area contributed by atoms with Crippen LogP contribution in [0.25, 0.3) is 0 Å². The lowest BCUT2D eigenvalue weighted by Crippen LogP contribution is -2.52. The molecule has 0 radical (unpaired) electrons. The average Bonchev–Trinajstić information content (AvgIpc) is 3.23. The Kier molecular flexibility index (Phi) is 16.6. The topological polar surface area (TPSA) is 130 Å². The van der Waals surface area contributed by atoms with Crippen molar-refractivity contribution in [3.8, 4) is 5.75 Å². The van der Waals surface area contributed by atoms with Gasteiger partial charge >= 0.3 is 13.7 Å². The van der Waals surface area contributed by atoms with E-state index in [1.807, 2.05) is 121 Å². The zero-order valence-electron chi connectivity index (χ0n) is 33.9. The van der Waals surface area contributed by atoms with E-state index in [0.717, 1.165) is 22.3 Å². The molecule has 0 spiro atoms. The summed E-state index contributed by atoms with van der Waals surface area (Å²) in [7, 11) is -6.72. The largest absolute Gasteiger partial charge is 0.497 e. The molecule has 5 aromatic rings. The van der Waals surface area contributed by atoms with Crippen LogP contribution in [0.5, 0.6) is 5.75 Å². The van der Waals surface area contributed by atoms with E-state index < -0.39 is 41.5 Å². The quantitative estimate of drug-likeness (QED) is 0.0719. The van der Waals surface area contributed by atoms with Crippen LogP contribution in [-0.2, 0) is 59.4 Å². The number of nitrogens with one attached hydrogen (secondary N) is 1. The summed E-state index contributed by atoms with van der Waals surface area (Å²) in [5, 5.41) is 2.99. The normalized spacial score (nSPS) is 13.2. The van der Waals surface area contributed by atoms with Gasteiger partial charge in [-0.2, -0.15) is 4.31 Å². The van der Waals surface area contributed by atoms with E-state index in [2.05, 4.69) is 5.32 Å². The molecule has 2 unspecified atom stereocenters. The van der Waals surface area contributed by atoms with Gasteiger partial charge in [0.1, 0.15) is 11.4 Å². The molecular weight excluding hydrogens is 788 g/mol. The summed E-state index contributed by atoms with van der Waals surface area (Å²) in [6.45, 7) is 4.94. The van der Waals surface area contributed by atoms with Crippen LogP contribution in [0.15, 0.2) is 162 Å². The molecule has 0 fully saturated rings. The highest BCUT2D eigenvalue weighted by molar-refractivity contribution is 7.89. The van der Waals surface area contributed by atoms with E-state index in [-0.39, 0.29) is 37.8 Å². The Bertz CT molecular complexity index is 2160. The molecule has 2 atom stereocenters. The fourth-order valence-electron chi connectivity index (χ4n) is 5.94. The summed E-state index contributed by atoms with van der Waals surface area (Å²) in [5.41, 5.74) is 2.51.